The Morgan fingerprint density at radius 2 is 1.92 bits per heavy atom. The number of amides is 1. The predicted octanol–water partition coefficient (Wildman–Crippen LogP) is 4.44. The maximum absolute atomic E-state index is 13.5. The average Bonchev–Trinajstić information content (AvgIpc) is 3.61. The van der Waals surface area contributed by atoms with Gasteiger partial charge >= 0.3 is 0 Å². The van der Waals surface area contributed by atoms with E-state index in [4.69, 9.17) is 9.84 Å². The largest absolute Gasteiger partial charge is 0.503 e. The molecule has 10 heteroatoms. The number of nitrogens with zero attached hydrogens (tertiary/aromatic N) is 4. The lowest BCUT2D eigenvalue weighted by Gasteiger charge is -2.28. The number of aromatic hydroxyl groups is 1. The molecular formula is C26H25F2N5O3. The number of halogens is 2. The number of ether oxygens (including phenoxy) is 1. The van der Waals surface area contributed by atoms with E-state index in [1.54, 1.807) is 0 Å². The van der Waals surface area contributed by atoms with Crippen molar-refractivity contribution in [3.63, 3.8) is 0 Å². The van der Waals surface area contributed by atoms with Gasteiger partial charge in [-0.25, -0.2) is 13.5 Å². The zero-order valence-corrected chi connectivity index (χ0v) is 19.5. The molecule has 4 aromatic rings. The van der Waals surface area contributed by atoms with E-state index in [-0.39, 0.29) is 17.5 Å². The monoisotopic (exact) mass is 493 g/mol. The molecule has 1 saturated carbocycles. The van der Waals surface area contributed by atoms with Crippen molar-refractivity contribution in [1.82, 2.24) is 24.9 Å². The molecule has 8 nitrogen and oxygen atoms in total. The average molecular weight is 494 g/mol. The second kappa shape index (κ2) is 8.92. The van der Waals surface area contributed by atoms with Crippen LogP contribution in [0.15, 0.2) is 42.7 Å². The van der Waals surface area contributed by atoms with Crippen molar-refractivity contribution in [3.8, 4) is 22.8 Å². The van der Waals surface area contributed by atoms with Gasteiger partial charge in [-0.05, 0) is 55.4 Å². The molecule has 36 heavy (non-hydrogen) atoms. The van der Waals surface area contributed by atoms with Crippen LogP contribution in [0.5, 0.6) is 11.6 Å². The summed E-state index contributed by atoms with van der Waals surface area (Å²) in [5.41, 5.74) is 2.79. The van der Waals surface area contributed by atoms with E-state index in [1.807, 2.05) is 15.6 Å². The van der Waals surface area contributed by atoms with Gasteiger partial charge < -0.3 is 15.2 Å². The van der Waals surface area contributed by atoms with Gasteiger partial charge in [0.25, 0.3) is 5.91 Å². The molecule has 3 heterocycles. The first kappa shape index (κ1) is 22.5. The maximum atomic E-state index is 13.5. The molecule has 1 fully saturated rings. The SMILES string of the molecule is O=C(NCC1CCC(n2cc3ccc(-c4cnn5c4OCC5)cc3n2)CC1)c1cc(F)c(O)c(F)c1. The molecule has 1 aliphatic heterocycles. The van der Waals surface area contributed by atoms with Crippen LogP contribution in [0.2, 0.25) is 0 Å². The summed E-state index contributed by atoms with van der Waals surface area (Å²) in [6.45, 7) is 1.85. The van der Waals surface area contributed by atoms with E-state index in [1.165, 1.54) is 0 Å². The fourth-order valence-corrected chi connectivity index (χ4v) is 5.15. The Labute approximate surface area is 205 Å². The van der Waals surface area contributed by atoms with Gasteiger partial charge in [-0.1, -0.05) is 12.1 Å². The van der Waals surface area contributed by atoms with Crippen LogP contribution < -0.4 is 10.1 Å². The van der Waals surface area contributed by atoms with Crippen LogP contribution in [0.25, 0.3) is 22.0 Å². The predicted molar refractivity (Wildman–Crippen MR) is 128 cm³/mol. The minimum Gasteiger partial charge on any atom is -0.503 e. The lowest BCUT2D eigenvalue weighted by molar-refractivity contribution is 0.0940. The topological polar surface area (TPSA) is 94.2 Å². The number of benzene rings is 2. The molecule has 2 N–H and O–H groups in total. The molecular weight excluding hydrogens is 468 g/mol. The van der Waals surface area contributed by atoms with Gasteiger partial charge in [0.05, 0.1) is 29.9 Å². The van der Waals surface area contributed by atoms with Crippen LogP contribution in [0.1, 0.15) is 42.1 Å². The van der Waals surface area contributed by atoms with E-state index in [0.717, 1.165) is 72.3 Å². The van der Waals surface area contributed by atoms with Crippen LogP contribution in [0.3, 0.4) is 0 Å². The maximum Gasteiger partial charge on any atom is 0.251 e. The summed E-state index contributed by atoms with van der Waals surface area (Å²) < 4.78 is 36.7. The van der Waals surface area contributed by atoms with Crippen molar-refractivity contribution in [1.29, 1.82) is 0 Å². The van der Waals surface area contributed by atoms with Gasteiger partial charge in [0, 0.05) is 23.7 Å². The summed E-state index contributed by atoms with van der Waals surface area (Å²) in [6, 6.07) is 8.17. The fourth-order valence-electron chi connectivity index (χ4n) is 5.15. The Bertz CT molecular complexity index is 1430. The number of hydrogen-bond acceptors (Lipinski definition) is 5. The van der Waals surface area contributed by atoms with E-state index >= 15 is 0 Å². The third-order valence-electron chi connectivity index (χ3n) is 7.19. The number of hydrogen-bond donors (Lipinski definition) is 2. The van der Waals surface area contributed by atoms with Gasteiger partial charge in [0.2, 0.25) is 5.88 Å². The van der Waals surface area contributed by atoms with E-state index < -0.39 is 23.3 Å². The number of aromatic nitrogens is 4. The number of rotatable bonds is 5. The summed E-state index contributed by atoms with van der Waals surface area (Å²) in [5.74, 6) is -2.85. The quantitative estimate of drug-likeness (QED) is 0.429. The number of fused-ring (bicyclic) bond motifs is 2. The molecule has 0 radical (unpaired) electrons. The summed E-state index contributed by atoms with van der Waals surface area (Å²) in [7, 11) is 0. The van der Waals surface area contributed by atoms with Crippen molar-refractivity contribution in [2.75, 3.05) is 13.2 Å². The smallest absolute Gasteiger partial charge is 0.251 e. The minimum absolute atomic E-state index is 0.147. The van der Waals surface area contributed by atoms with Gasteiger partial charge in [-0.3, -0.25) is 9.48 Å². The van der Waals surface area contributed by atoms with E-state index in [2.05, 4.69) is 34.8 Å². The molecule has 0 unspecified atom stereocenters. The lowest BCUT2D eigenvalue weighted by Crippen LogP contribution is -2.31. The van der Waals surface area contributed by atoms with Crippen LogP contribution >= 0.6 is 0 Å². The fraction of sp³-hybridized carbons (Fsp3) is 0.346. The van der Waals surface area contributed by atoms with E-state index in [9.17, 15) is 18.7 Å². The van der Waals surface area contributed by atoms with Crippen molar-refractivity contribution in [3.05, 3.63) is 59.9 Å². The van der Waals surface area contributed by atoms with Gasteiger partial charge in [0.1, 0.15) is 6.61 Å². The first-order chi connectivity index (χ1) is 17.5. The second-order valence-corrected chi connectivity index (χ2v) is 9.49. The third kappa shape index (κ3) is 4.06. The minimum atomic E-state index is -1.15. The molecule has 1 amide bonds. The Morgan fingerprint density at radius 1 is 1.14 bits per heavy atom. The van der Waals surface area contributed by atoms with Crippen molar-refractivity contribution in [2.24, 2.45) is 5.92 Å². The highest BCUT2D eigenvalue weighted by atomic mass is 19.1. The van der Waals surface area contributed by atoms with Gasteiger partial charge in [-0.15, -0.1) is 0 Å². The molecule has 1 aliphatic carbocycles. The van der Waals surface area contributed by atoms with Crippen LogP contribution in [0.4, 0.5) is 8.78 Å². The number of phenols is 1. The standard InChI is InChI=1S/C26H25F2N5O3/c27-21-9-18(10-22(28)24(21)34)25(35)29-12-15-1-5-19(6-2-15)33-14-17-4-3-16(11-23(17)31-33)20-13-30-32-7-8-36-26(20)32/h3-4,9-11,13-15,19,34H,1-2,5-8,12H2,(H,29,35). The number of phenolic OH excluding ortho intramolecular Hbond substituents is 1. The van der Waals surface area contributed by atoms with Crippen LogP contribution in [-0.2, 0) is 6.54 Å². The Balaban J connectivity index is 1.08. The number of carbonyl (C=O) groups excluding carboxylic acids is 1. The first-order valence-corrected chi connectivity index (χ1v) is 12.1. The highest BCUT2D eigenvalue weighted by Crippen LogP contribution is 2.36. The summed E-state index contributed by atoms with van der Waals surface area (Å²) in [4.78, 5) is 12.3. The third-order valence-corrected chi connectivity index (χ3v) is 7.19. The summed E-state index contributed by atoms with van der Waals surface area (Å²) in [6.07, 6.45) is 7.58. The molecule has 0 saturated heterocycles. The summed E-state index contributed by atoms with van der Waals surface area (Å²) >= 11 is 0. The zero-order chi connectivity index (χ0) is 24.8. The molecule has 2 aromatic heterocycles. The Morgan fingerprint density at radius 3 is 2.69 bits per heavy atom. The highest BCUT2D eigenvalue weighted by Gasteiger charge is 2.25. The molecule has 0 atom stereocenters. The van der Waals surface area contributed by atoms with Crippen LogP contribution in [0, 0.1) is 17.6 Å². The lowest BCUT2D eigenvalue weighted by atomic mass is 9.86. The number of nitrogens with one attached hydrogen (secondary N) is 1. The molecule has 186 valence electrons. The zero-order valence-electron chi connectivity index (χ0n) is 19.5. The molecule has 0 spiro atoms. The molecule has 6 rings (SSSR count). The van der Waals surface area contributed by atoms with Crippen molar-refractivity contribution >= 4 is 16.8 Å². The van der Waals surface area contributed by atoms with Crippen molar-refractivity contribution < 1.29 is 23.4 Å². The van der Waals surface area contributed by atoms with Gasteiger partial charge in [0.15, 0.2) is 17.4 Å². The number of carbonyl (C=O) groups is 1. The molecule has 2 aliphatic rings. The Hall–Kier alpha value is -3.95. The normalized spacial score (nSPS) is 19.3. The second-order valence-electron chi connectivity index (χ2n) is 9.49. The van der Waals surface area contributed by atoms with Gasteiger partial charge in [-0.2, -0.15) is 10.2 Å². The molecule has 2 aromatic carbocycles. The van der Waals surface area contributed by atoms with Crippen LogP contribution in [-0.4, -0.2) is 43.7 Å². The van der Waals surface area contributed by atoms with Crippen molar-refractivity contribution in [2.45, 2.75) is 38.3 Å². The van der Waals surface area contributed by atoms with E-state index in [0.29, 0.717) is 13.2 Å². The molecule has 0 bridgehead atoms. The Kier molecular flexibility index (Phi) is 5.58. The highest BCUT2D eigenvalue weighted by molar-refractivity contribution is 5.94. The summed E-state index contributed by atoms with van der Waals surface area (Å²) in [5, 5.41) is 22.3. The first-order valence-electron chi connectivity index (χ1n) is 12.1.